The van der Waals surface area contributed by atoms with Crippen LogP contribution in [-0.2, 0) is 6.42 Å². The average Bonchev–Trinajstić information content (AvgIpc) is 3.99. The van der Waals surface area contributed by atoms with E-state index in [-0.39, 0.29) is 46.8 Å². The average molecular weight is 1000 g/mol. The predicted octanol–water partition coefficient (Wildman–Crippen LogP) is 12.2. The highest BCUT2D eigenvalue weighted by Gasteiger charge is 2.32. The maximum Gasteiger partial charge on any atom is 0.358 e. The molecular weight excluding hydrogens is 953 g/mol. The Bertz CT molecular complexity index is 3380. The molecular formula is C54H50N8O8S2. The number of anilines is 4. The summed E-state index contributed by atoms with van der Waals surface area (Å²) in [6.07, 6.45) is 3.81. The van der Waals surface area contributed by atoms with Gasteiger partial charge in [0.15, 0.2) is 33.1 Å². The first-order chi connectivity index (χ1) is 34.9. The van der Waals surface area contributed by atoms with E-state index in [1.165, 1.54) is 22.7 Å². The summed E-state index contributed by atoms with van der Waals surface area (Å²) in [5.74, 6) is -1.92. The number of nitrogens with zero attached hydrogens (tertiary/aromatic N) is 6. The summed E-state index contributed by atoms with van der Waals surface area (Å²) in [5.41, 5.74) is 7.57. The number of aromatic nitrogens is 4. The molecule has 6 heterocycles. The first-order valence-electron chi connectivity index (χ1n) is 23.9. The molecule has 18 heteroatoms. The number of hydrogen-bond donors (Lipinski definition) is 4. The minimum absolute atomic E-state index is 0.133. The molecule has 0 saturated carbocycles. The number of carboxylic acids is 2. The Morgan fingerprint density at radius 3 is 1.99 bits per heavy atom. The molecule has 2 aliphatic heterocycles. The summed E-state index contributed by atoms with van der Waals surface area (Å²) in [7, 11) is 0. The smallest absolute Gasteiger partial charge is 0.358 e. The number of aromatic carboxylic acids is 2. The third kappa shape index (κ3) is 9.87. The van der Waals surface area contributed by atoms with Crippen LogP contribution in [0.25, 0.3) is 42.9 Å². The lowest BCUT2D eigenvalue weighted by atomic mass is 9.83. The standard InChI is InChI=1S/C54H50N8O8S2/c1-4-5-25-69-43-20-18-38(55-47(43)49(63)64)34-14-16-36-35(22-24-62(42(36)27-34)54(68)59-51-57-39-10-6-7-11-45(39)71-51)32-15-17-40-46(28-32)72-52(58-40)60-53(67)61-23-8-9-31-12-13-33(26-41(31)61)37-19-21-44(70-29-30(2)3)48(56-37)50(65)66/h6-7,10-21,26-28,30,35H,4-5,8-9,22-25,29H2,1-3H3,(H,63,64)(H,65,66)(H,57,59,68)(H,58,60,67). The lowest BCUT2D eigenvalue weighted by Crippen LogP contribution is -2.39. The number of pyridine rings is 2. The summed E-state index contributed by atoms with van der Waals surface area (Å²) in [6, 6.07) is 31.3. The Morgan fingerprint density at radius 1 is 0.694 bits per heavy atom. The number of aryl methyl sites for hydroxylation is 1. The fourth-order valence-corrected chi connectivity index (χ4v) is 10.8. The van der Waals surface area contributed by atoms with Crippen LogP contribution >= 0.6 is 22.7 Å². The van der Waals surface area contributed by atoms with Crippen molar-refractivity contribution in [3.8, 4) is 34.0 Å². The molecule has 0 radical (unpaired) electrons. The van der Waals surface area contributed by atoms with E-state index >= 15 is 0 Å². The predicted molar refractivity (Wildman–Crippen MR) is 281 cm³/mol. The number of thiazole rings is 2. The molecule has 1 atom stereocenters. The number of carbonyl (C=O) groups excluding carboxylic acids is 2. The lowest BCUT2D eigenvalue weighted by Gasteiger charge is -2.35. The molecule has 4 aromatic carbocycles. The van der Waals surface area contributed by atoms with Crippen molar-refractivity contribution in [3.05, 3.63) is 131 Å². The van der Waals surface area contributed by atoms with Crippen LogP contribution in [0.2, 0.25) is 0 Å². The second-order valence-corrected chi connectivity index (χ2v) is 20.1. The van der Waals surface area contributed by atoms with Gasteiger partial charge in [-0.05, 0) is 109 Å². The number of fused-ring (bicyclic) bond motifs is 4. The fourth-order valence-electron chi connectivity index (χ4n) is 9.06. The minimum Gasteiger partial charge on any atom is -0.491 e. The number of carbonyl (C=O) groups is 4. The monoisotopic (exact) mass is 1000 g/mol. The van der Waals surface area contributed by atoms with Gasteiger partial charge >= 0.3 is 24.0 Å². The topological polar surface area (TPSA) is 209 Å². The Morgan fingerprint density at radius 2 is 1.32 bits per heavy atom. The maximum atomic E-state index is 14.2. The number of ether oxygens (including phenoxy) is 2. The third-order valence-electron chi connectivity index (χ3n) is 12.6. The maximum absolute atomic E-state index is 14.2. The zero-order chi connectivity index (χ0) is 50.0. The zero-order valence-electron chi connectivity index (χ0n) is 39.7. The van der Waals surface area contributed by atoms with Crippen LogP contribution in [0, 0.1) is 5.92 Å². The van der Waals surface area contributed by atoms with E-state index < -0.39 is 11.9 Å². The van der Waals surface area contributed by atoms with Gasteiger partial charge in [-0.3, -0.25) is 20.4 Å². The number of benzene rings is 4. The highest BCUT2D eigenvalue weighted by molar-refractivity contribution is 7.22. The van der Waals surface area contributed by atoms with Gasteiger partial charge in [-0.15, -0.1) is 0 Å². The SMILES string of the molecule is CCCCOc1ccc(-c2ccc3c(c2)N(C(=O)Nc2nc4ccccc4s2)CCC3c2ccc3nc(NC(=O)N4CCCc5ccc(-c6ccc(OCC(C)C)c(C(=O)O)n6)cc54)sc3c2)nc1C(=O)O. The molecule has 2 aliphatic rings. The highest BCUT2D eigenvalue weighted by atomic mass is 32.1. The highest BCUT2D eigenvalue weighted by Crippen LogP contribution is 2.44. The molecule has 0 aliphatic carbocycles. The number of nitrogens with one attached hydrogen (secondary N) is 2. The number of rotatable bonds is 14. The van der Waals surface area contributed by atoms with Crippen LogP contribution in [0.3, 0.4) is 0 Å². The van der Waals surface area contributed by atoms with Gasteiger partial charge in [-0.2, -0.15) is 0 Å². The normalized spacial score (nSPS) is 14.2. The molecule has 1 unspecified atom stereocenters. The van der Waals surface area contributed by atoms with E-state index in [0.29, 0.717) is 82.4 Å². The first-order valence-corrected chi connectivity index (χ1v) is 25.5. The van der Waals surface area contributed by atoms with Crippen molar-refractivity contribution < 1.29 is 38.9 Å². The van der Waals surface area contributed by atoms with Crippen molar-refractivity contribution in [3.63, 3.8) is 0 Å². The summed E-state index contributed by atoms with van der Waals surface area (Å²) in [4.78, 5) is 74.7. The van der Waals surface area contributed by atoms with Crippen molar-refractivity contribution in [1.82, 2.24) is 19.9 Å². The summed E-state index contributed by atoms with van der Waals surface area (Å²) < 4.78 is 13.4. The number of hydrogen-bond acceptors (Lipinski definition) is 12. The van der Waals surface area contributed by atoms with E-state index in [2.05, 4.69) is 31.7 Å². The van der Waals surface area contributed by atoms with E-state index in [0.717, 1.165) is 57.3 Å². The molecule has 4 amide bonds. The number of urea groups is 2. The van der Waals surface area contributed by atoms with Gasteiger partial charge in [0, 0.05) is 41.5 Å². The van der Waals surface area contributed by atoms with Gasteiger partial charge in [0.25, 0.3) is 0 Å². The van der Waals surface area contributed by atoms with Crippen LogP contribution in [-0.4, -0.2) is 80.5 Å². The van der Waals surface area contributed by atoms with E-state index in [1.54, 1.807) is 34.1 Å². The largest absolute Gasteiger partial charge is 0.491 e. The van der Waals surface area contributed by atoms with E-state index in [9.17, 15) is 29.4 Å². The number of para-hydroxylation sites is 1. The van der Waals surface area contributed by atoms with Crippen molar-refractivity contribution >= 4 is 88.7 Å². The molecule has 0 spiro atoms. The summed E-state index contributed by atoms with van der Waals surface area (Å²) >= 11 is 2.76. The fraction of sp³-hybridized carbons (Fsp3) is 0.259. The summed E-state index contributed by atoms with van der Waals surface area (Å²) in [6.45, 7) is 7.57. The van der Waals surface area contributed by atoms with Crippen molar-refractivity contribution in [2.24, 2.45) is 5.92 Å². The zero-order valence-corrected chi connectivity index (χ0v) is 41.3. The Hall–Kier alpha value is -7.96. The molecule has 16 nitrogen and oxygen atoms in total. The van der Waals surface area contributed by atoms with E-state index in [1.807, 2.05) is 93.6 Å². The number of carboxylic acid groups (broad SMARTS) is 2. The van der Waals surface area contributed by atoms with Gasteiger partial charge in [0.2, 0.25) is 0 Å². The molecule has 0 bridgehead atoms. The molecule has 4 aromatic heterocycles. The second-order valence-electron chi connectivity index (χ2n) is 18.1. The molecule has 366 valence electrons. The second kappa shape index (κ2) is 20.4. The van der Waals surface area contributed by atoms with Gasteiger partial charge in [0.1, 0.15) is 0 Å². The van der Waals surface area contributed by atoms with Crippen molar-refractivity contribution in [2.45, 2.75) is 58.8 Å². The molecule has 10 rings (SSSR count). The molecule has 4 N–H and O–H groups in total. The van der Waals surface area contributed by atoms with Crippen LogP contribution < -0.4 is 29.9 Å². The Kier molecular flexibility index (Phi) is 13.5. The van der Waals surface area contributed by atoms with Gasteiger partial charge in [-0.25, -0.2) is 39.1 Å². The Balaban J connectivity index is 0.921. The lowest BCUT2D eigenvalue weighted by molar-refractivity contribution is 0.0674. The van der Waals surface area contributed by atoms with Crippen LogP contribution in [0.1, 0.15) is 90.0 Å². The molecule has 0 saturated heterocycles. The van der Waals surface area contributed by atoms with Crippen LogP contribution in [0.15, 0.2) is 103 Å². The summed E-state index contributed by atoms with van der Waals surface area (Å²) in [5, 5.41) is 27.0. The first kappa shape index (κ1) is 47.7. The van der Waals surface area contributed by atoms with Crippen molar-refractivity contribution in [2.75, 3.05) is 46.7 Å². The van der Waals surface area contributed by atoms with Crippen LogP contribution in [0.4, 0.5) is 31.2 Å². The van der Waals surface area contributed by atoms with Gasteiger partial charge < -0.3 is 19.7 Å². The van der Waals surface area contributed by atoms with Gasteiger partial charge in [0.05, 0.1) is 45.0 Å². The number of unbranched alkanes of at least 4 members (excludes halogenated alkanes) is 1. The molecule has 0 fully saturated rings. The van der Waals surface area contributed by atoms with Crippen LogP contribution in [0.5, 0.6) is 11.5 Å². The minimum atomic E-state index is -1.20. The van der Waals surface area contributed by atoms with Gasteiger partial charge in [-0.1, -0.05) is 92.3 Å². The van der Waals surface area contributed by atoms with E-state index in [4.69, 9.17) is 14.5 Å². The van der Waals surface area contributed by atoms with Crippen molar-refractivity contribution in [1.29, 1.82) is 0 Å². The molecule has 8 aromatic rings. The number of amides is 4. The molecule has 72 heavy (non-hydrogen) atoms. The quantitative estimate of drug-likeness (QED) is 0.0750. The third-order valence-corrected chi connectivity index (χ3v) is 14.5. The Labute approximate surface area is 422 Å².